The van der Waals surface area contributed by atoms with E-state index < -0.39 is 17.4 Å². The zero-order valence-corrected chi connectivity index (χ0v) is 25.3. The topological polar surface area (TPSA) is 112 Å². The molecule has 0 aliphatic heterocycles. The van der Waals surface area contributed by atoms with Gasteiger partial charge >= 0.3 is 5.97 Å². The van der Waals surface area contributed by atoms with E-state index in [1.807, 2.05) is 14.1 Å². The number of nitrogens with one attached hydrogen (secondary N) is 1. The molecule has 8 nitrogen and oxygen atoms in total. The molecule has 1 aliphatic rings. The Kier molecular flexibility index (Phi) is 11.3. The fourth-order valence-corrected chi connectivity index (χ4v) is 5.35. The van der Waals surface area contributed by atoms with Crippen LogP contribution in [0.1, 0.15) is 49.0 Å². The summed E-state index contributed by atoms with van der Waals surface area (Å²) in [7, 11) is 3.98. The third-order valence-corrected chi connectivity index (χ3v) is 7.68. The van der Waals surface area contributed by atoms with Gasteiger partial charge in [0, 0.05) is 23.2 Å². The van der Waals surface area contributed by atoms with Crippen LogP contribution in [0.25, 0.3) is 22.4 Å². The van der Waals surface area contributed by atoms with Crippen LogP contribution in [0.15, 0.2) is 48.5 Å². The van der Waals surface area contributed by atoms with Crippen molar-refractivity contribution in [3.8, 4) is 33.9 Å². The van der Waals surface area contributed by atoms with Crippen molar-refractivity contribution in [2.45, 2.75) is 44.1 Å². The molecule has 0 bridgehead atoms. The van der Waals surface area contributed by atoms with E-state index in [9.17, 15) is 19.8 Å². The van der Waals surface area contributed by atoms with E-state index in [0.717, 1.165) is 32.2 Å². The van der Waals surface area contributed by atoms with Crippen LogP contribution in [0.2, 0.25) is 10.0 Å². The number of nitrogens with zero attached hydrogens (tertiary/aromatic N) is 2. The summed E-state index contributed by atoms with van der Waals surface area (Å²) in [6.07, 6.45) is 3.94. The Hall–Kier alpha value is -3.04. The lowest BCUT2D eigenvalue weighted by Crippen LogP contribution is -2.55. The summed E-state index contributed by atoms with van der Waals surface area (Å²) < 4.78 is 5.96. The van der Waals surface area contributed by atoms with Gasteiger partial charge in [0.05, 0.1) is 22.3 Å². The van der Waals surface area contributed by atoms with Gasteiger partial charge in [0.1, 0.15) is 22.7 Å². The van der Waals surface area contributed by atoms with Gasteiger partial charge in [-0.2, -0.15) is 0 Å². The average Bonchev–Trinajstić information content (AvgIpc) is 2.92. The van der Waals surface area contributed by atoms with Crippen LogP contribution in [-0.4, -0.2) is 64.8 Å². The number of carboxylic acid groups (broad SMARTS) is 1. The number of halogens is 3. The van der Waals surface area contributed by atoms with Gasteiger partial charge in [-0.05, 0) is 75.8 Å². The number of carbonyl (C=O) groups is 2. The standard InChI is InChI=1S/C30H33Cl2N3O5.ClH/c1-35(2)15-6-16-40-26-17-19(7-11-23(26)31)27-22(21-9-8-20(36)18-24(21)32)10-12-25(33-27)28(37)34-30(29(38)39)13-4-3-5-14-30;/h7-12,17-18,36H,3-6,13-16H2,1-2H3,(H,34,37)(H,38,39);1H. The minimum absolute atomic E-state index is 0. The van der Waals surface area contributed by atoms with E-state index in [-0.39, 0.29) is 23.9 Å². The highest BCUT2D eigenvalue weighted by atomic mass is 35.5. The maximum absolute atomic E-state index is 13.4. The molecular formula is C30H34Cl3N3O5. The van der Waals surface area contributed by atoms with Crippen molar-refractivity contribution < 1.29 is 24.5 Å². The van der Waals surface area contributed by atoms with Crippen molar-refractivity contribution in [3.05, 3.63) is 64.3 Å². The molecule has 0 atom stereocenters. The SMILES string of the molecule is CN(C)CCCOc1cc(-c2nc(C(=O)NC3(C(=O)O)CCCCC3)ccc2-c2ccc(O)cc2Cl)ccc1Cl.Cl. The van der Waals surface area contributed by atoms with Gasteiger partial charge in [-0.15, -0.1) is 12.4 Å². The molecule has 1 fully saturated rings. The Morgan fingerprint density at radius 1 is 1.00 bits per heavy atom. The first-order valence-corrected chi connectivity index (χ1v) is 14.0. The summed E-state index contributed by atoms with van der Waals surface area (Å²) in [5.41, 5.74) is 1.04. The number of carboxylic acids is 1. The second-order valence-corrected chi connectivity index (χ2v) is 11.1. The molecule has 3 N–H and O–H groups in total. The number of aromatic nitrogens is 1. The van der Waals surface area contributed by atoms with E-state index in [1.165, 1.54) is 12.1 Å². The highest BCUT2D eigenvalue weighted by molar-refractivity contribution is 6.33. The number of aliphatic carboxylic acids is 1. The first kappa shape index (κ1) is 32.5. The fourth-order valence-electron chi connectivity index (χ4n) is 4.90. The van der Waals surface area contributed by atoms with Crippen LogP contribution < -0.4 is 10.1 Å². The summed E-state index contributed by atoms with van der Waals surface area (Å²) in [5.74, 6) is -1.11. The normalized spacial score (nSPS) is 14.3. The number of amides is 1. The van der Waals surface area contributed by atoms with Gasteiger partial charge in [-0.3, -0.25) is 4.79 Å². The predicted octanol–water partition coefficient (Wildman–Crippen LogP) is 6.70. The summed E-state index contributed by atoms with van der Waals surface area (Å²) in [6, 6.07) is 13.1. The van der Waals surface area contributed by atoms with Gasteiger partial charge < -0.3 is 25.2 Å². The molecule has 1 amide bonds. The molecule has 0 radical (unpaired) electrons. The molecule has 2 aromatic carbocycles. The Balaban J connectivity index is 0.00000462. The Morgan fingerprint density at radius 2 is 1.71 bits per heavy atom. The van der Waals surface area contributed by atoms with Crippen LogP contribution in [0.4, 0.5) is 0 Å². The van der Waals surface area contributed by atoms with E-state index in [4.69, 9.17) is 32.9 Å². The molecular weight excluding hydrogens is 589 g/mol. The predicted molar refractivity (Wildman–Crippen MR) is 164 cm³/mol. The van der Waals surface area contributed by atoms with Crippen molar-refractivity contribution >= 4 is 47.5 Å². The molecule has 1 heterocycles. The summed E-state index contributed by atoms with van der Waals surface area (Å²) in [5, 5.41) is 23.3. The molecule has 1 saturated carbocycles. The summed E-state index contributed by atoms with van der Waals surface area (Å²) in [4.78, 5) is 32.3. The van der Waals surface area contributed by atoms with E-state index in [1.54, 1.807) is 36.4 Å². The minimum atomic E-state index is -1.32. The molecule has 1 aromatic heterocycles. The number of hydrogen-bond acceptors (Lipinski definition) is 6. The number of pyridine rings is 1. The van der Waals surface area contributed by atoms with Crippen molar-refractivity contribution in [2.24, 2.45) is 0 Å². The van der Waals surface area contributed by atoms with Gasteiger partial charge in [0.2, 0.25) is 0 Å². The molecule has 220 valence electrons. The fraction of sp³-hybridized carbons (Fsp3) is 0.367. The molecule has 1 aliphatic carbocycles. The number of ether oxygens (including phenoxy) is 1. The zero-order chi connectivity index (χ0) is 28.9. The molecule has 0 spiro atoms. The van der Waals surface area contributed by atoms with Gasteiger partial charge in [0.15, 0.2) is 0 Å². The number of aromatic hydroxyl groups is 1. The second-order valence-electron chi connectivity index (χ2n) is 10.3. The van der Waals surface area contributed by atoms with Crippen LogP contribution in [-0.2, 0) is 4.79 Å². The van der Waals surface area contributed by atoms with Crippen molar-refractivity contribution in [2.75, 3.05) is 27.2 Å². The maximum Gasteiger partial charge on any atom is 0.329 e. The minimum Gasteiger partial charge on any atom is -0.508 e. The highest BCUT2D eigenvalue weighted by Crippen LogP contribution is 2.39. The zero-order valence-electron chi connectivity index (χ0n) is 23.0. The first-order chi connectivity index (χ1) is 19.1. The third kappa shape index (κ3) is 7.83. The molecule has 0 saturated heterocycles. The monoisotopic (exact) mass is 621 g/mol. The molecule has 0 unspecified atom stereocenters. The number of hydrogen-bond donors (Lipinski definition) is 3. The van der Waals surface area contributed by atoms with Gasteiger partial charge in [-0.1, -0.05) is 48.5 Å². The molecule has 4 rings (SSSR count). The Morgan fingerprint density at radius 3 is 2.37 bits per heavy atom. The van der Waals surface area contributed by atoms with Crippen molar-refractivity contribution in [3.63, 3.8) is 0 Å². The van der Waals surface area contributed by atoms with Gasteiger partial charge in [0.25, 0.3) is 5.91 Å². The summed E-state index contributed by atoms with van der Waals surface area (Å²) >= 11 is 12.9. The van der Waals surface area contributed by atoms with Crippen molar-refractivity contribution in [1.29, 1.82) is 0 Å². The Bertz CT molecular complexity index is 1390. The molecule has 41 heavy (non-hydrogen) atoms. The molecule has 3 aromatic rings. The molecule has 11 heteroatoms. The first-order valence-electron chi connectivity index (χ1n) is 13.2. The Labute approximate surface area is 256 Å². The van der Waals surface area contributed by atoms with Crippen LogP contribution >= 0.6 is 35.6 Å². The smallest absolute Gasteiger partial charge is 0.329 e. The van der Waals surface area contributed by atoms with Crippen LogP contribution in [0.5, 0.6) is 11.5 Å². The lowest BCUT2D eigenvalue weighted by Gasteiger charge is -2.33. The number of benzene rings is 2. The largest absolute Gasteiger partial charge is 0.508 e. The van der Waals surface area contributed by atoms with E-state index in [2.05, 4.69) is 10.2 Å². The quantitative estimate of drug-likeness (QED) is 0.216. The van der Waals surface area contributed by atoms with E-state index >= 15 is 0 Å². The number of phenols is 1. The number of rotatable bonds is 10. The average molecular weight is 623 g/mol. The lowest BCUT2D eigenvalue weighted by molar-refractivity contribution is -0.145. The van der Waals surface area contributed by atoms with Crippen molar-refractivity contribution in [1.82, 2.24) is 15.2 Å². The maximum atomic E-state index is 13.4. The second kappa shape index (κ2) is 14.2. The van der Waals surface area contributed by atoms with Gasteiger partial charge in [-0.25, -0.2) is 9.78 Å². The van der Waals surface area contributed by atoms with Crippen LogP contribution in [0, 0.1) is 0 Å². The van der Waals surface area contributed by atoms with E-state index in [0.29, 0.717) is 57.6 Å². The lowest BCUT2D eigenvalue weighted by atomic mass is 9.81. The third-order valence-electron chi connectivity index (χ3n) is 7.05. The summed E-state index contributed by atoms with van der Waals surface area (Å²) in [6.45, 7) is 1.32. The van der Waals surface area contributed by atoms with Crippen LogP contribution in [0.3, 0.4) is 0 Å². The number of carbonyl (C=O) groups excluding carboxylic acids is 1. The highest BCUT2D eigenvalue weighted by Gasteiger charge is 2.41. The number of phenolic OH excluding ortho intramolecular Hbond substituents is 1.